The van der Waals surface area contributed by atoms with Crippen LogP contribution in [0.4, 0.5) is 5.69 Å². The Hall–Kier alpha value is -3.00. The molecule has 2 N–H and O–H groups in total. The number of fused-ring (bicyclic) bond motifs is 1. The number of nitrogens with zero attached hydrogens (tertiary/aromatic N) is 2. The Morgan fingerprint density at radius 3 is 2.58 bits per heavy atom. The van der Waals surface area contributed by atoms with E-state index in [4.69, 9.17) is 0 Å². The SMILES string of the molecule is O=C(Cn1c(=O)cnc2ccccc21)NCC(=O)Nc1ccccc1Br. The first-order valence-electron chi connectivity index (χ1n) is 7.80. The van der Waals surface area contributed by atoms with Gasteiger partial charge in [0.2, 0.25) is 11.8 Å². The topological polar surface area (TPSA) is 93.1 Å². The zero-order valence-electron chi connectivity index (χ0n) is 13.6. The van der Waals surface area contributed by atoms with Crippen LogP contribution in [0.5, 0.6) is 0 Å². The highest BCUT2D eigenvalue weighted by Gasteiger charge is 2.11. The van der Waals surface area contributed by atoms with Crippen LogP contribution in [0.3, 0.4) is 0 Å². The van der Waals surface area contributed by atoms with Gasteiger partial charge in [-0.15, -0.1) is 0 Å². The molecule has 132 valence electrons. The fourth-order valence-corrected chi connectivity index (χ4v) is 2.80. The zero-order valence-corrected chi connectivity index (χ0v) is 15.2. The van der Waals surface area contributed by atoms with Crippen molar-refractivity contribution < 1.29 is 9.59 Å². The molecule has 26 heavy (non-hydrogen) atoms. The molecule has 8 heteroatoms. The zero-order chi connectivity index (χ0) is 18.5. The van der Waals surface area contributed by atoms with Crippen LogP contribution < -0.4 is 16.2 Å². The molecule has 0 saturated carbocycles. The molecule has 3 aromatic rings. The van der Waals surface area contributed by atoms with Gasteiger partial charge in [-0.25, -0.2) is 4.98 Å². The molecule has 0 aliphatic heterocycles. The van der Waals surface area contributed by atoms with Crippen LogP contribution in [-0.2, 0) is 16.1 Å². The van der Waals surface area contributed by atoms with E-state index < -0.39 is 5.91 Å². The van der Waals surface area contributed by atoms with Crippen LogP contribution in [0.2, 0.25) is 0 Å². The Morgan fingerprint density at radius 2 is 1.77 bits per heavy atom. The lowest BCUT2D eigenvalue weighted by Crippen LogP contribution is -2.37. The molecule has 7 nitrogen and oxygen atoms in total. The lowest BCUT2D eigenvalue weighted by molar-refractivity contribution is -0.124. The molecule has 0 spiro atoms. The number of para-hydroxylation sites is 3. The van der Waals surface area contributed by atoms with E-state index in [-0.39, 0.29) is 24.6 Å². The van der Waals surface area contributed by atoms with Crippen molar-refractivity contribution in [3.63, 3.8) is 0 Å². The van der Waals surface area contributed by atoms with E-state index in [9.17, 15) is 14.4 Å². The van der Waals surface area contributed by atoms with Gasteiger partial charge in [0.05, 0.1) is 29.5 Å². The van der Waals surface area contributed by atoms with Crippen molar-refractivity contribution in [2.75, 3.05) is 11.9 Å². The van der Waals surface area contributed by atoms with Crippen LogP contribution in [0.15, 0.2) is 64.0 Å². The highest BCUT2D eigenvalue weighted by atomic mass is 79.9. The smallest absolute Gasteiger partial charge is 0.269 e. The molecule has 1 heterocycles. The maximum atomic E-state index is 12.2. The summed E-state index contributed by atoms with van der Waals surface area (Å²) in [5, 5.41) is 5.21. The second-order valence-corrected chi connectivity index (χ2v) is 6.33. The van der Waals surface area contributed by atoms with Gasteiger partial charge in [-0.2, -0.15) is 0 Å². The first kappa shape index (κ1) is 17.8. The van der Waals surface area contributed by atoms with Gasteiger partial charge in [0, 0.05) is 4.47 Å². The number of amides is 2. The number of anilines is 1. The molecule has 0 unspecified atom stereocenters. The number of carbonyl (C=O) groups excluding carboxylic acids is 2. The Bertz CT molecular complexity index is 1030. The molecule has 0 aliphatic carbocycles. The normalized spacial score (nSPS) is 10.5. The summed E-state index contributed by atoms with van der Waals surface area (Å²) in [6.45, 7) is -0.387. The largest absolute Gasteiger partial charge is 0.345 e. The Morgan fingerprint density at radius 1 is 1.04 bits per heavy atom. The summed E-state index contributed by atoms with van der Waals surface area (Å²) in [5.41, 5.74) is 1.42. The van der Waals surface area contributed by atoms with Crippen molar-refractivity contribution in [2.45, 2.75) is 6.54 Å². The summed E-state index contributed by atoms with van der Waals surface area (Å²) in [5.74, 6) is -0.803. The summed E-state index contributed by atoms with van der Waals surface area (Å²) in [6, 6.07) is 14.2. The molecule has 2 amide bonds. The van der Waals surface area contributed by atoms with Crippen molar-refractivity contribution in [1.82, 2.24) is 14.9 Å². The molecule has 0 radical (unpaired) electrons. The van der Waals surface area contributed by atoms with Crippen molar-refractivity contribution in [1.29, 1.82) is 0 Å². The predicted octanol–water partition coefficient (Wildman–Crippen LogP) is 1.91. The maximum Gasteiger partial charge on any atom is 0.269 e. The minimum absolute atomic E-state index is 0.190. The molecule has 0 fully saturated rings. The Labute approximate surface area is 157 Å². The number of carbonyl (C=O) groups is 2. The van der Waals surface area contributed by atoms with Gasteiger partial charge >= 0.3 is 0 Å². The lowest BCUT2D eigenvalue weighted by atomic mass is 10.3. The highest BCUT2D eigenvalue weighted by Crippen LogP contribution is 2.20. The molecule has 0 bridgehead atoms. The van der Waals surface area contributed by atoms with E-state index in [2.05, 4.69) is 31.5 Å². The Kier molecular flexibility index (Phi) is 5.43. The van der Waals surface area contributed by atoms with E-state index in [1.54, 1.807) is 42.5 Å². The first-order chi connectivity index (χ1) is 12.5. The monoisotopic (exact) mass is 414 g/mol. The van der Waals surface area contributed by atoms with Gasteiger partial charge < -0.3 is 10.6 Å². The molecular weight excluding hydrogens is 400 g/mol. The van der Waals surface area contributed by atoms with Gasteiger partial charge in [0.15, 0.2) is 0 Å². The summed E-state index contributed by atoms with van der Waals surface area (Å²) in [6.07, 6.45) is 1.18. The van der Waals surface area contributed by atoms with Crippen LogP contribution in [-0.4, -0.2) is 27.9 Å². The van der Waals surface area contributed by atoms with Crippen LogP contribution >= 0.6 is 15.9 Å². The van der Waals surface area contributed by atoms with Crippen molar-refractivity contribution in [2.24, 2.45) is 0 Å². The molecule has 1 aromatic heterocycles. The van der Waals surface area contributed by atoms with Gasteiger partial charge in [0.1, 0.15) is 6.54 Å². The van der Waals surface area contributed by atoms with Crippen molar-refractivity contribution in [3.8, 4) is 0 Å². The second kappa shape index (κ2) is 7.92. The number of aromatic nitrogens is 2. The highest BCUT2D eigenvalue weighted by molar-refractivity contribution is 9.10. The molecule has 2 aromatic carbocycles. The van der Waals surface area contributed by atoms with Crippen molar-refractivity contribution >= 4 is 44.5 Å². The number of rotatable bonds is 5. The third-order valence-corrected chi connectivity index (χ3v) is 4.34. The van der Waals surface area contributed by atoms with E-state index in [1.807, 2.05) is 6.07 Å². The lowest BCUT2D eigenvalue weighted by Gasteiger charge is -2.11. The van der Waals surface area contributed by atoms with E-state index >= 15 is 0 Å². The molecule has 0 saturated heterocycles. The minimum Gasteiger partial charge on any atom is -0.345 e. The number of benzene rings is 2. The second-order valence-electron chi connectivity index (χ2n) is 5.48. The summed E-state index contributed by atoms with van der Waals surface area (Å²) >= 11 is 3.33. The third-order valence-electron chi connectivity index (χ3n) is 3.65. The fourth-order valence-electron chi connectivity index (χ4n) is 2.41. The minimum atomic E-state index is -0.439. The average Bonchev–Trinajstić information content (AvgIpc) is 2.64. The van der Waals surface area contributed by atoms with Gasteiger partial charge in [0.25, 0.3) is 5.56 Å². The Balaban J connectivity index is 1.63. The van der Waals surface area contributed by atoms with Crippen LogP contribution in [0.1, 0.15) is 0 Å². The number of hydrogen-bond acceptors (Lipinski definition) is 4. The average molecular weight is 415 g/mol. The standard InChI is InChI=1S/C18H15BrN4O3/c19-12-5-1-2-6-13(12)22-16(24)9-21-17(25)11-23-15-8-4-3-7-14(15)20-10-18(23)26/h1-8,10H,9,11H2,(H,21,25)(H,22,24). The number of halogens is 1. The third kappa shape index (κ3) is 4.15. The maximum absolute atomic E-state index is 12.2. The van der Waals surface area contributed by atoms with Crippen molar-refractivity contribution in [3.05, 3.63) is 69.6 Å². The van der Waals surface area contributed by atoms with Gasteiger partial charge in [-0.1, -0.05) is 24.3 Å². The molecule has 0 aliphatic rings. The molecule has 3 rings (SSSR count). The van der Waals surface area contributed by atoms with E-state index in [0.29, 0.717) is 16.7 Å². The molecule has 0 atom stereocenters. The summed E-state index contributed by atoms with van der Waals surface area (Å²) in [7, 11) is 0. The van der Waals surface area contributed by atoms with E-state index in [0.717, 1.165) is 4.47 Å². The predicted molar refractivity (Wildman–Crippen MR) is 102 cm³/mol. The van der Waals surface area contributed by atoms with Crippen LogP contribution in [0, 0.1) is 0 Å². The number of hydrogen-bond donors (Lipinski definition) is 2. The fraction of sp³-hybridized carbons (Fsp3) is 0.111. The van der Waals surface area contributed by atoms with Gasteiger partial charge in [-0.3, -0.25) is 19.0 Å². The molecular formula is C18H15BrN4O3. The summed E-state index contributed by atoms with van der Waals surface area (Å²) in [4.78, 5) is 40.2. The first-order valence-corrected chi connectivity index (χ1v) is 8.59. The van der Waals surface area contributed by atoms with E-state index in [1.165, 1.54) is 10.8 Å². The van der Waals surface area contributed by atoms with Gasteiger partial charge in [-0.05, 0) is 40.2 Å². The summed E-state index contributed by atoms with van der Waals surface area (Å²) < 4.78 is 2.07. The number of nitrogens with one attached hydrogen (secondary N) is 2. The quantitative estimate of drug-likeness (QED) is 0.666. The van der Waals surface area contributed by atoms with Crippen LogP contribution in [0.25, 0.3) is 11.0 Å².